The third-order valence-corrected chi connectivity index (χ3v) is 4.73. The maximum Gasteiger partial charge on any atom is 0.227 e. The van der Waals surface area contributed by atoms with E-state index in [4.69, 9.17) is 4.42 Å². The molecule has 2 heterocycles. The second-order valence-electron chi connectivity index (χ2n) is 5.15. The molecule has 0 bridgehead atoms. The number of amides is 1. The fourth-order valence-electron chi connectivity index (χ4n) is 2.59. The van der Waals surface area contributed by atoms with Crippen molar-refractivity contribution in [3.05, 3.63) is 53.0 Å². The van der Waals surface area contributed by atoms with Gasteiger partial charge in [-0.2, -0.15) is 0 Å². The highest BCUT2D eigenvalue weighted by atomic mass is 79.9. The number of nitrogens with zero attached hydrogens (tertiary/aromatic N) is 1. The van der Waals surface area contributed by atoms with Crippen molar-refractivity contribution in [3.63, 3.8) is 0 Å². The van der Waals surface area contributed by atoms with E-state index in [1.807, 2.05) is 38.2 Å². The van der Waals surface area contributed by atoms with Crippen LogP contribution in [0.15, 0.2) is 34.7 Å². The lowest BCUT2D eigenvalue weighted by molar-refractivity contribution is -0.118. The number of anilines is 1. The summed E-state index contributed by atoms with van der Waals surface area (Å²) in [7, 11) is 1.83. The van der Waals surface area contributed by atoms with Gasteiger partial charge in [-0.15, -0.1) is 0 Å². The summed E-state index contributed by atoms with van der Waals surface area (Å²) in [6.45, 7) is 1.94. The van der Waals surface area contributed by atoms with Gasteiger partial charge in [0.25, 0.3) is 0 Å². The monoisotopic (exact) mass is 333 g/mol. The summed E-state index contributed by atoms with van der Waals surface area (Å²) in [4.78, 5) is 13.5. The Labute approximate surface area is 126 Å². The Kier molecular flexibility index (Phi) is 3.42. The van der Waals surface area contributed by atoms with Gasteiger partial charge in [-0.1, -0.05) is 28.1 Å². The fraction of sp³-hybridized carbons (Fsp3) is 0.312. The Morgan fingerprint density at radius 3 is 2.75 bits per heavy atom. The van der Waals surface area contributed by atoms with E-state index in [-0.39, 0.29) is 10.7 Å². The zero-order valence-corrected chi connectivity index (χ0v) is 13.1. The van der Waals surface area contributed by atoms with Gasteiger partial charge in [0.05, 0.1) is 4.83 Å². The van der Waals surface area contributed by atoms with E-state index < -0.39 is 0 Å². The summed E-state index contributed by atoms with van der Waals surface area (Å²) in [5.74, 6) is 2.00. The van der Waals surface area contributed by atoms with E-state index in [0.29, 0.717) is 6.42 Å². The van der Waals surface area contributed by atoms with Gasteiger partial charge in [0.15, 0.2) is 0 Å². The number of furan rings is 1. The Balaban J connectivity index is 1.95. The number of carbonyl (C=O) groups is 1. The zero-order chi connectivity index (χ0) is 14.3. The number of alkyl halides is 1. The third kappa shape index (κ3) is 2.29. The Morgan fingerprint density at radius 2 is 2.05 bits per heavy atom. The van der Waals surface area contributed by atoms with Crippen LogP contribution in [-0.4, -0.2) is 13.0 Å². The molecule has 20 heavy (non-hydrogen) atoms. The summed E-state index contributed by atoms with van der Waals surface area (Å²) < 4.78 is 5.67. The van der Waals surface area contributed by atoms with Crippen molar-refractivity contribution in [2.45, 2.75) is 24.6 Å². The van der Waals surface area contributed by atoms with Crippen LogP contribution in [0.2, 0.25) is 0 Å². The van der Waals surface area contributed by atoms with Crippen molar-refractivity contribution >= 4 is 27.5 Å². The second-order valence-corrected chi connectivity index (χ2v) is 6.07. The average molecular weight is 334 g/mol. The highest BCUT2D eigenvalue weighted by Crippen LogP contribution is 2.36. The molecule has 1 aliphatic rings. The number of halogens is 1. The molecule has 1 aromatic heterocycles. The Bertz CT molecular complexity index is 662. The van der Waals surface area contributed by atoms with Crippen molar-refractivity contribution in [1.82, 2.24) is 0 Å². The Morgan fingerprint density at radius 1 is 1.25 bits per heavy atom. The molecule has 1 amide bonds. The van der Waals surface area contributed by atoms with E-state index in [2.05, 4.69) is 22.0 Å². The minimum absolute atomic E-state index is 0.0458. The molecular weight excluding hydrogens is 318 g/mol. The van der Waals surface area contributed by atoms with Gasteiger partial charge < -0.3 is 9.32 Å². The first-order valence-corrected chi connectivity index (χ1v) is 7.57. The summed E-state index contributed by atoms with van der Waals surface area (Å²) in [5, 5.41) is 0. The van der Waals surface area contributed by atoms with Crippen LogP contribution in [0, 0.1) is 6.92 Å². The molecule has 0 N–H and O–H groups in total. The van der Waals surface area contributed by atoms with Crippen molar-refractivity contribution in [2.24, 2.45) is 0 Å². The predicted molar refractivity (Wildman–Crippen MR) is 82.4 cm³/mol. The number of fused-ring (bicyclic) bond motifs is 1. The molecule has 3 rings (SSSR count). The number of carbonyl (C=O) groups excluding carboxylic acids is 1. The van der Waals surface area contributed by atoms with Crippen molar-refractivity contribution in [3.8, 4) is 0 Å². The number of aryl methyl sites for hydroxylation is 2. The second kappa shape index (κ2) is 5.09. The molecule has 0 saturated carbocycles. The van der Waals surface area contributed by atoms with Gasteiger partial charge >= 0.3 is 0 Å². The van der Waals surface area contributed by atoms with E-state index in [1.165, 1.54) is 5.56 Å². The quantitative estimate of drug-likeness (QED) is 0.779. The number of hydrogen-bond acceptors (Lipinski definition) is 2. The van der Waals surface area contributed by atoms with Crippen LogP contribution in [0.4, 0.5) is 5.69 Å². The van der Waals surface area contributed by atoms with Crippen LogP contribution in [0.1, 0.15) is 33.9 Å². The van der Waals surface area contributed by atoms with Gasteiger partial charge in [-0.3, -0.25) is 4.79 Å². The first kappa shape index (κ1) is 13.4. The normalized spacial score (nSPS) is 16.1. The zero-order valence-electron chi connectivity index (χ0n) is 11.5. The first-order valence-electron chi connectivity index (χ1n) is 6.66. The van der Waals surface area contributed by atoms with E-state index in [0.717, 1.165) is 29.2 Å². The van der Waals surface area contributed by atoms with Gasteiger partial charge in [-0.25, -0.2) is 0 Å². The average Bonchev–Trinajstić information content (AvgIpc) is 2.88. The number of rotatable bonds is 2. The van der Waals surface area contributed by atoms with Crippen LogP contribution in [0.3, 0.4) is 0 Å². The third-order valence-electron chi connectivity index (χ3n) is 3.75. The highest BCUT2D eigenvalue weighted by molar-refractivity contribution is 9.09. The van der Waals surface area contributed by atoms with Gasteiger partial charge in [0, 0.05) is 19.2 Å². The maximum absolute atomic E-state index is 11.7. The fourth-order valence-corrected chi connectivity index (χ4v) is 3.12. The summed E-state index contributed by atoms with van der Waals surface area (Å²) in [5.41, 5.74) is 3.39. The molecule has 0 radical (unpaired) electrons. The minimum Gasteiger partial charge on any atom is -0.465 e. The lowest BCUT2D eigenvalue weighted by Crippen LogP contribution is -2.31. The molecule has 104 valence electrons. The minimum atomic E-state index is 0.0458. The molecule has 2 aromatic rings. The number of hydrogen-bond donors (Lipinski definition) is 0. The molecule has 0 spiro atoms. The molecule has 1 aromatic carbocycles. The van der Waals surface area contributed by atoms with Gasteiger partial charge in [0.1, 0.15) is 11.5 Å². The van der Waals surface area contributed by atoms with E-state index >= 15 is 0 Å². The maximum atomic E-state index is 11.7. The highest BCUT2D eigenvalue weighted by Gasteiger charge is 2.22. The van der Waals surface area contributed by atoms with Crippen molar-refractivity contribution < 1.29 is 9.21 Å². The van der Waals surface area contributed by atoms with Gasteiger partial charge in [0.2, 0.25) is 5.91 Å². The van der Waals surface area contributed by atoms with Crippen molar-refractivity contribution in [1.29, 1.82) is 0 Å². The molecular formula is C16H16BrNO2. The van der Waals surface area contributed by atoms with Crippen molar-refractivity contribution in [2.75, 3.05) is 11.9 Å². The lowest BCUT2D eigenvalue weighted by Gasteiger charge is -2.26. The standard InChI is InChI=1S/C16H16BrNO2/c1-10-3-7-14(20-10)16(17)12-4-6-13-11(9-12)5-8-15(19)18(13)2/h3-4,6-7,9,16H,5,8H2,1-2H3. The molecule has 1 unspecified atom stereocenters. The number of benzene rings is 1. The van der Waals surface area contributed by atoms with Crippen LogP contribution >= 0.6 is 15.9 Å². The molecule has 1 atom stereocenters. The molecule has 3 nitrogen and oxygen atoms in total. The molecule has 0 aliphatic carbocycles. The molecule has 4 heteroatoms. The summed E-state index contributed by atoms with van der Waals surface area (Å²) >= 11 is 3.69. The SMILES string of the molecule is Cc1ccc(C(Br)c2ccc3c(c2)CCC(=O)N3C)o1. The van der Waals surface area contributed by atoms with Crippen LogP contribution in [0.5, 0.6) is 0 Å². The van der Waals surface area contributed by atoms with E-state index in [9.17, 15) is 4.79 Å². The largest absolute Gasteiger partial charge is 0.465 e. The smallest absolute Gasteiger partial charge is 0.227 e. The van der Waals surface area contributed by atoms with Crippen LogP contribution in [0.25, 0.3) is 0 Å². The van der Waals surface area contributed by atoms with Gasteiger partial charge in [-0.05, 0) is 42.7 Å². The molecule has 0 fully saturated rings. The van der Waals surface area contributed by atoms with Crippen LogP contribution in [-0.2, 0) is 11.2 Å². The topological polar surface area (TPSA) is 33.5 Å². The van der Waals surface area contributed by atoms with Crippen LogP contribution < -0.4 is 4.90 Å². The summed E-state index contributed by atoms with van der Waals surface area (Å²) in [6, 6.07) is 10.2. The van der Waals surface area contributed by atoms with E-state index in [1.54, 1.807) is 4.90 Å². The summed E-state index contributed by atoms with van der Waals surface area (Å²) in [6.07, 6.45) is 1.39. The Hall–Kier alpha value is -1.55. The molecule has 1 aliphatic heterocycles. The first-order chi connectivity index (χ1) is 9.56. The molecule has 0 saturated heterocycles. The predicted octanol–water partition coefficient (Wildman–Crippen LogP) is 3.98. The lowest BCUT2D eigenvalue weighted by atomic mass is 9.97.